The highest BCUT2D eigenvalue weighted by molar-refractivity contribution is 9.11. The molecule has 0 saturated heterocycles. The van der Waals surface area contributed by atoms with E-state index in [2.05, 4.69) is 59.5 Å². The Balaban J connectivity index is 2.25. The third-order valence-electron chi connectivity index (χ3n) is 2.86. The van der Waals surface area contributed by atoms with Gasteiger partial charge in [0.05, 0.1) is 15.5 Å². The Hall–Kier alpha value is -0.230. The topological polar surface area (TPSA) is 24.9 Å². The largest absolute Gasteiger partial charge is 0.304 e. The Morgan fingerprint density at radius 3 is 2.68 bits per heavy atom. The summed E-state index contributed by atoms with van der Waals surface area (Å²) in [6, 6.07) is 4.52. The zero-order valence-corrected chi connectivity index (χ0v) is 14.7. The molecule has 104 valence electrons. The Labute approximate surface area is 131 Å². The van der Waals surface area contributed by atoms with Gasteiger partial charge in [-0.15, -0.1) is 22.7 Å². The molecule has 19 heavy (non-hydrogen) atoms. The number of thiophene rings is 1. The molecule has 5 heteroatoms. The third kappa shape index (κ3) is 3.88. The van der Waals surface area contributed by atoms with E-state index in [4.69, 9.17) is 4.98 Å². The summed E-state index contributed by atoms with van der Waals surface area (Å²) in [6.07, 6.45) is 1.13. The van der Waals surface area contributed by atoms with Crippen LogP contribution in [0.15, 0.2) is 21.3 Å². The summed E-state index contributed by atoms with van der Waals surface area (Å²) in [5.74, 6) is 0.492. The Morgan fingerprint density at radius 1 is 1.37 bits per heavy atom. The minimum atomic E-state index is 0.230. The van der Waals surface area contributed by atoms with Crippen LogP contribution in [0.3, 0.4) is 0 Å². The highest BCUT2D eigenvalue weighted by Crippen LogP contribution is 2.33. The van der Waals surface area contributed by atoms with Crippen molar-refractivity contribution in [3.63, 3.8) is 0 Å². The summed E-state index contributed by atoms with van der Waals surface area (Å²) in [7, 11) is 0. The van der Waals surface area contributed by atoms with Crippen molar-refractivity contribution in [2.45, 2.75) is 39.2 Å². The van der Waals surface area contributed by atoms with E-state index < -0.39 is 0 Å². The van der Waals surface area contributed by atoms with Gasteiger partial charge in [-0.2, -0.15) is 0 Å². The first-order valence-corrected chi connectivity index (χ1v) is 9.04. The van der Waals surface area contributed by atoms with Crippen molar-refractivity contribution in [1.29, 1.82) is 0 Å². The maximum atomic E-state index is 4.80. The minimum absolute atomic E-state index is 0.230. The van der Waals surface area contributed by atoms with Gasteiger partial charge in [-0.3, -0.25) is 0 Å². The molecule has 0 bridgehead atoms. The van der Waals surface area contributed by atoms with Gasteiger partial charge in [0.2, 0.25) is 0 Å². The van der Waals surface area contributed by atoms with Crippen LogP contribution in [0.1, 0.15) is 54.7 Å². The molecule has 0 spiro atoms. The molecule has 0 aliphatic carbocycles. The summed E-state index contributed by atoms with van der Waals surface area (Å²) < 4.78 is 1.17. The quantitative estimate of drug-likeness (QED) is 0.769. The molecule has 1 unspecified atom stereocenters. The molecule has 0 fully saturated rings. The summed E-state index contributed by atoms with van der Waals surface area (Å²) in [5, 5.41) is 6.96. The van der Waals surface area contributed by atoms with E-state index in [1.54, 1.807) is 22.7 Å². The first-order chi connectivity index (χ1) is 9.11. The molecule has 0 aliphatic rings. The first kappa shape index (κ1) is 15.2. The van der Waals surface area contributed by atoms with Gasteiger partial charge < -0.3 is 5.32 Å². The van der Waals surface area contributed by atoms with Crippen LogP contribution in [0, 0.1) is 0 Å². The number of halogens is 1. The highest BCUT2D eigenvalue weighted by Gasteiger charge is 2.19. The lowest BCUT2D eigenvalue weighted by Crippen LogP contribution is -2.22. The second-order valence-corrected chi connectivity index (χ2v) is 8.18. The van der Waals surface area contributed by atoms with Crippen LogP contribution in [0.2, 0.25) is 0 Å². The predicted molar refractivity (Wildman–Crippen MR) is 88.4 cm³/mol. The van der Waals surface area contributed by atoms with Gasteiger partial charge in [-0.05, 0) is 46.9 Å². The van der Waals surface area contributed by atoms with Gasteiger partial charge in [0.15, 0.2) is 0 Å². The second kappa shape index (κ2) is 6.97. The Kier molecular flexibility index (Phi) is 5.57. The zero-order valence-electron chi connectivity index (χ0n) is 11.4. The molecule has 0 saturated carbocycles. The van der Waals surface area contributed by atoms with Crippen LogP contribution >= 0.6 is 38.6 Å². The highest BCUT2D eigenvalue weighted by atomic mass is 79.9. The number of hydrogen-bond donors (Lipinski definition) is 1. The number of nitrogens with zero attached hydrogens (tertiary/aromatic N) is 1. The van der Waals surface area contributed by atoms with Crippen molar-refractivity contribution in [1.82, 2.24) is 10.3 Å². The molecular weight excluding hydrogens is 340 g/mol. The minimum Gasteiger partial charge on any atom is -0.304 e. The monoisotopic (exact) mass is 358 g/mol. The normalized spacial score (nSPS) is 13.1. The lowest BCUT2D eigenvalue weighted by Gasteiger charge is -2.14. The van der Waals surface area contributed by atoms with Crippen molar-refractivity contribution < 1.29 is 0 Å². The second-order valence-electron chi connectivity index (χ2n) is 4.79. The Morgan fingerprint density at radius 2 is 2.16 bits per heavy atom. The summed E-state index contributed by atoms with van der Waals surface area (Å²) in [4.78, 5) is 6.12. The fourth-order valence-corrected chi connectivity index (χ4v) is 4.43. The van der Waals surface area contributed by atoms with Gasteiger partial charge in [0.25, 0.3) is 0 Å². The van der Waals surface area contributed by atoms with Crippen molar-refractivity contribution >= 4 is 38.6 Å². The van der Waals surface area contributed by atoms with E-state index >= 15 is 0 Å². The number of thiazole rings is 1. The number of rotatable bonds is 6. The Bertz CT molecular complexity index is 519. The summed E-state index contributed by atoms with van der Waals surface area (Å²) >= 11 is 7.08. The molecule has 0 aliphatic heterocycles. The molecule has 2 rings (SSSR count). The van der Waals surface area contributed by atoms with Crippen molar-refractivity contribution in [3.05, 3.63) is 36.9 Å². The van der Waals surface area contributed by atoms with Crippen molar-refractivity contribution in [3.8, 4) is 0 Å². The fourth-order valence-electron chi connectivity index (χ4n) is 1.78. The average Bonchev–Trinajstić information content (AvgIpc) is 2.99. The van der Waals surface area contributed by atoms with Crippen LogP contribution in [0.4, 0.5) is 0 Å². The van der Waals surface area contributed by atoms with E-state index in [-0.39, 0.29) is 6.04 Å². The van der Waals surface area contributed by atoms with Crippen LogP contribution in [-0.2, 0) is 0 Å². The molecular formula is C14H19BrN2S2. The molecule has 2 nitrogen and oxygen atoms in total. The van der Waals surface area contributed by atoms with E-state index in [0.29, 0.717) is 5.92 Å². The maximum absolute atomic E-state index is 4.80. The van der Waals surface area contributed by atoms with E-state index in [0.717, 1.165) is 13.0 Å². The lowest BCUT2D eigenvalue weighted by molar-refractivity contribution is 0.600. The third-order valence-corrected chi connectivity index (χ3v) is 5.47. The maximum Gasteiger partial charge on any atom is 0.115 e. The number of hydrogen-bond acceptors (Lipinski definition) is 4. The zero-order chi connectivity index (χ0) is 13.8. The smallest absolute Gasteiger partial charge is 0.115 e. The first-order valence-electron chi connectivity index (χ1n) is 6.55. The van der Waals surface area contributed by atoms with Gasteiger partial charge in [-0.25, -0.2) is 4.98 Å². The van der Waals surface area contributed by atoms with Crippen LogP contribution in [0.25, 0.3) is 0 Å². The standard InChI is InChI=1S/C14H19BrN2S2/c1-4-7-16-13(11-5-6-12(15)19-11)14-17-10(8-18-14)9(2)3/h5-6,8-9,13,16H,4,7H2,1-3H3. The molecule has 0 aromatic carbocycles. The molecule has 2 aromatic heterocycles. The van der Waals surface area contributed by atoms with E-state index in [9.17, 15) is 0 Å². The molecule has 0 radical (unpaired) electrons. The van der Waals surface area contributed by atoms with E-state index in [1.807, 2.05) is 0 Å². The van der Waals surface area contributed by atoms with Gasteiger partial charge >= 0.3 is 0 Å². The SMILES string of the molecule is CCCNC(c1ccc(Br)s1)c1nc(C(C)C)cs1. The predicted octanol–water partition coefficient (Wildman–Crippen LogP) is 5.18. The molecule has 1 N–H and O–H groups in total. The molecule has 0 amide bonds. The lowest BCUT2D eigenvalue weighted by atomic mass is 10.1. The van der Waals surface area contributed by atoms with Crippen LogP contribution in [0.5, 0.6) is 0 Å². The summed E-state index contributed by atoms with van der Waals surface area (Å²) in [6.45, 7) is 7.58. The number of nitrogens with one attached hydrogen (secondary N) is 1. The van der Waals surface area contributed by atoms with Crippen molar-refractivity contribution in [2.75, 3.05) is 6.54 Å². The average molecular weight is 359 g/mol. The van der Waals surface area contributed by atoms with Crippen molar-refractivity contribution in [2.24, 2.45) is 0 Å². The molecule has 2 aromatic rings. The van der Waals surface area contributed by atoms with Gasteiger partial charge in [0, 0.05) is 10.3 Å². The fraction of sp³-hybridized carbons (Fsp3) is 0.500. The van der Waals surface area contributed by atoms with Crippen LogP contribution in [-0.4, -0.2) is 11.5 Å². The van der Waals surface area contributed by atoms with Gasteiger partial charge in [-0.1, -0.05) is 20.8 Å². The van der Waals surface area contributed by atoms with E-state index in [1.165, 1.54) is 19.4 Å². The molecule has 1 atom stereocenters. The summed E-state index contributed by atoms with van der Waals surface area (Å²) in [5.41, 5.74) is 1.19. The molecule has 2 heterocycles. The number of aromatic nitrogens is 1. The van der Waals surface area contributed by atoms with Gasteiger partial charge in [0.1, 0.15) is 5.01 Å². The van der Waals surface area contributed by atoms with Crippen LogP contribution < -0.4 is 5.32 Å².